The van der Waals surface area contributed by atoms with Crippen molar-refractivity contribution in [3.8, 4) is 0 Å². The molecular formula is C25H41N3O16. The van der Waals surface area contributed by atoms with Crippen LogP contribution in [0.1, 0.15) is 34.1 Å². The third-order valence-electron chi connectivity index (χ3n) is 7.65. The van der Waals surface area contributed by atoms with Gasteiger partial charge in [-0.1, -0.05) is 0 Å². The fraction of sp³-hybridized carbons (Fsp3) is 0.840. The molecule has 0 radical (unpaired) electrons. The molecule has 10 N–H and O–H groups in total. The van der Waals surface area contributed by atoms with Crippen molar-refractivity contribution in [2.24, 2.45) is 0 Å². The molecule has 0 bridgehead atoms. The minimum atomic E-state index is -2.83. The highest BCUT2D eigenvalue weighted by Crippen LogP contribution is 2.37. The molecule has 3 aliphatic rings. The number of amides is 3. The molecule has 3 amide bonds. The number of rotatable bonds is 11. The lowest BCUT2D eigenvalue weighted by Gasteiger charge is -2.50. The van der Waals surface area contributed by atoms with Crippen LogP contribution in [-0.4, -0.2) is 158 Å². The van der Waals surface area contributed by atoms with Crippen molar-refractivity contribution in [3.05, 3.63) is 0 Å². The first-order valence-electron chi connectivity index (χ1n) is 13.9. The van der Waals surface area contributed by atoms with Crippen LogP contribution in [0, 0.1) is 0 Å². The van der Waals surface area contributed by atoms with Gasteiger partial charge in [0.1, 0.15) is 42.7 Å². The van der Waals surface area contributed by atoms with E-state index in [1.54, 1.807) is 0 Å². The molecule has 19 heteroatoms. The van der Waals surface area contributed by atoms with Gasteiger partial charge in [-0.15, -0.1) is 0 Å². The van der Waals surface area contributed by atoms with Crippen LogP contribution in [0.5, 0.6) is 0 Å². The predicted molar refractivity (Wildman–Crippen MR) is 140 cm³/mol. The Hall–Kier alpha value is -2.56. The highest BCUT2D eigenvalue weighted by atomic mass is 16.8. The molecule has 0 aromatic rings. The summed E-state index contributed by atoms with van der Waals surface area (Å²) in [7, 11) is 0. The highest BCUT2D eigenvalue weighted by molar-refractivity contribution is 5.76. The van der Waals surface area contributed by atoms with Crippen molar-refractivity contribution in [3.63, 3.8) is 0 Å². The fourth-order valence-corrected chi connectivity index (χ4v) is 5.52. The van der Waals surface area contributed by atoms with Gasteiger partial charge in [0.15, 0.2) is 12.6 Å². The van der Waals surface area contributed by atoms with Gasteiger partial charge >= 0.3 is 5.97 Å². The number of aliphatic carboxylic acids is 1. The van der Waals surface area contributed by atoms with E-state index in [2.05, 4.69) is 16.0 Å². The Kier molecular flexibility index (Phi) is 12.0. The lowest BCUT2D eigenvalue weighted by atomic mass is 9.87. The predicted octanol–water partition coefficient (Wildman–Crippen LogP) is -5.63. The average molecular weight is 640 g/mol. The van der Waals surface area contributed by atoms with Gasteiger partial charge in [-0.05, 0) is 13.8 Å². The topological polar surface area (TPSA) is 292 Å². The van der Waals surface area contributed by atoms with Crippen LogP contribution in [0.25, 0.3) is 0 Å². The lowest BCUT2D eigenvalue weighted by molar-refractivity contribution is -0.365. The number of aliphatic hydroxyl groups is 6. The van der Waals surface area contributed by atoms with Crippen molar-refractivity contribution in [1.29, 1.82) is 0 Å². The van der Waals surface area contributed by atoms with Crippen molar-refractivity contribution in [1.82, 2.24) is 16.0 Å². The molecule has 44 heavy (non-hydrogen) atoms. The third kappa shape index (κ3) is 7.80. The zero-order chi connectivity index (χ0) is 33.1. The van der Waals surface area contributed by atoms with E-state index in [9.17, 15) is 54.9 Å². The molecular weight excluding hydrogens is 598 g/mol. The summed E-state index contributed by atoms with van der Waals surface area (Å²) in [4.78, 5) is 47.5. The molecule has 3 saturated heterocycles. The Morgan fingerprint density at radius 1 is 0.977 bits per heavy atom. The van der Waals surface area contributed by atoms with Gasteiger partial charge in [-0.25, -0.2) is 4.79 Å². The molecule has 3 rings (SSSR count). The Bertz CT molecular complexity index is 1040. The van der Waals surface area contributed by atoms with Gasteiger partial charge in [-0.2, -0.15) is 0 Å². The second kappa shape index (κ2) is 14.7. The molecule has 0 aromatic heterocycles. The smallest absolute Gasteiger partial charge is 0.364 e. The fourth-order valence-electron chi connectivity index (χ4n) is 5.52. The Balaban J connectivity index is 1.92. The van der Waals surface area contributed by atoms with E-state index in [-0.39, 0.29) is 6.41 Å². The van der Waals surface area contributed by atoms with Crippen molar-refractivity contribution >= 4 is 24.2 Å². The van der Waals surface area contributed by atoms with Crippen LogP contribution in [0.15, 0.2) is 0 Å². The number of hydrogen-bond acceptors (Lipinski definition) is 15. The Morgan fingerprint density at radius 3 is 2.14 bits per heavy atom. The van der Waals surface area contributed by atoms with Gasteiger partial charge in [0, 0.05) is 20.3 Å². The van der Waals surface area contributed by atoms with Crippen molar-refractivity contribution in [2.75, 3.05) is 6.61 Å². The molecule has 0 aromatic carbocycles. The van der Waals surface area contributed by atoms with E-state index in [0.717, 1.165) is 13.8 Å². The van der Waals surface area contributed by atoms with E-state index in [1.165, 1.54) is 13.8 Å². The first-order valence-corrected chi connectivity index (χ1v) is 13.9. The maximum atomic E-state index is 12.7. The number of ether oxygens (including phenoxy) is 5. The number of nitrogens with one attached hydrogen (secondary N) is 3. The zero-order valence-corrected chi connectivity index (χ0v) is 24.4. The van der Waals surface area contributed by atoms with Gasteiger partial charge in [0.05, 0.1) is 37.0 Å². The summed E-state index contributed by atoms with van der Waals surface area (Å²) in [5, 5.41) is 81.5. The second-order valence-electron chi connectivity index (χ2n) is 11.1. The van der Waals surface area contributed by atoms with Crippen LogP contribution in [0.4, 0.5) is 0 Å². The summed E-state index contributed by atoms with van der Waals surface area (Å²) in [5.41, 5.74) is 0. The molecule has 15 atom stereocenters. The highest BCUT2D eigenvalue weighted by Gasteiger charge is 2.59. The number of carbonyl (C=O) groups is 4. The lowest BCUT2D eigenvalue weighted by Crippen LogP contribution is -2.71. The minimum Gasteiger partial charge on any atom is -0.477 e. The third-order valence-corrected chi connectivity index (χ3v) is 7.65. The summed E-state index contributed by atoms with van der Waals surface area (Å²) < 4.78 is 27.8. The molecule has 3 fully saturated rings. The number of aliphatic hydroxyl groups excluding tert-OH is 6. The maximum Gasteiger partial charge on any atom is 0.364 e. The average Bonchev–Trinajstić information content (AvgIpc) is 2.92. The number of carboxylic acids is 1. The van der Waals surface area contributed by atoms with Crippen LogP contribution in [0.2, 0.25) is 0 Å². The van der Waals surface area contributed by atoms with Gasteiger partial charge in [0.25, 0.3) is 5.79 Å². The summed E-state index contributed by atoms with van der Waals surface area (Å²) in [6.07, 6.45) is -18.2. The quantitative estimate of drug-likeness (QED) is 0.0943. The molecule has 3 aliphatic heterocycles. The number of hydrogen-bond donors (Lipinski definition) is 10. The van der Waals surface area contributed by atoms with E-state index >= 15 is 0 Å². The van der Waals surface area contributed by atoms with E-state index in [4.69, 9.17) is 23.7 Å². The first kappa shape index (κ1) is 35.9. The molecule has 0 saturated carbocycles. The summed E-state index contributed by atoms with van der Waals surface area (Å²) in [6.45, 7) is 4.30. The Morgan fingerprint density at radius 2 is 1.59 bits per heavy atom. The zero-order valence-electron chi connectivity index (χ0n) is 24.4. The summed E-state index contributed by atoms with van der Waals surface area (Å²) >= 11 is 0. The number of carboxylic acid groups (broad SMARTS) is 1. The molecule has 0 aliphatic carbocycles. The van der Waals surface area contributed by atoms with Crippen LogP contribution < -0.4 is 16.0 Å². The minimum absolute atomic E-state index is 0.195. The molecule has 0 unspecified atom stereocenters. The molecule has 252 valence electrons. The Labute approximate surface area is 251 Å². The van der Waals surface area contributed by atoms with E-state index in [0.29, 0.717) is 0 Å². The standard InChI is InChI=1S/C25H41N3O16/c1-8(30)14(26-7-29)20-15(27-10(3)31)12(33)5-25(44-20,24(38)39)43-19-13(34)6-40-23(18(19)36)42-21-16(28-11(4)32)22(37)41-9(2)17(21)35/h7-9,12-23,30,33-37H,5-6H2,1-4H3,(H,26,29)(H,27,31)(H,28,32)(H,38,39)/t8-,9+,12-,13+,14-,15-,16+,17-,18+,19-,20-,21+,22+,23-,25-/m0/s1. The summed E-state index contributed by atoms with van der Waals surface area (Å²) in [6, 6.07) is -4.06. The maximum absolute atomic E-state index is 12.7. The second-order valence-corrected chi connectivity index (χ2v) is 11.1. The van der Waals surface area contributed by atoms with Crippen LogP contribution >= 0.6 is 0 Å². The van der Waals surface area contributed by atoms with Crippen LogP contribution in [-0.2, 0) is 42.9 Å². The van der Waals surface area contributed by atoms with Gasteiger partial charge < -0.3 is 75.4 Å². The summed E-state index contributed by atoms with van der Waals surface area (Å²) in [5.74, 6) is -5.92. The van der Waals surface area contributed by atoms with Gasteiger partial charge in [0.2, 0.25) is 18.2 Å². The molecule has 0 spiro atoms. The van der Waals surface area contributed by atoms with Crippen LogP contribution in [0.3, 0.4) is 0 Å². The number of carbonyl (C=O) groups excluding carboxylic acids is 3. The van der Waals surface area contributed by atoms with Crippen molar-refractivity contribution in [2.45, 2.75) is 126 Å². The molecule has 3 heterocycles. The first-order chi connectivity index (χ1) is 20.5. The largest absolute Gasteiger partial charge is 0.477 e. The van der Waals surface area contributed by atoms with Crippen molar-refractivity contribution < 1.29 is 78.6 Å². The van der Waals surface area contributed by atoms with E-state index < -0.39 is 122 Å². The van der Waals surface area contributed by atoms with E-state index in [1.807, 2.05) is 0 Å². The van der Waals surface area contributed by atoms with Gasteiger partial charge in [-0.3, -0.25) is 14.4 Å². The monoisotopic (exact) mass is 639 g/mol. The molecule has 19 nitrogen and oxygen atoms in total. The normalized spacial score (nSPS) is 42.4. The SMILES string of the molecule is CC(=O)N[C@@H]1[C@@H](O[C@@H]2OC[C@@H](O)[C@H](O[C@@]3(C(=O)O)C[C@H](O)[C@H](NC(C)=O)[C@H]([C@@H](NC=O)[C@H](C)O)O3)[C@H]2O)[C@@H](O)[C@@H](C)O[C@H]1O.